The minimum atomic E-state index is -0.620. The number of hydrogen-bond donors (Lipinski definition) is 1. The van der Waals surface area contributed by atoms with Gasteiger partial charge in [0.15, 0.2) is 6.61 Å². The molecule has 0 spiro atoms. The third-order valence-electron chi connectivity index (χ3n) is 4.95. The second-order valence-electron chi connectivity index (χ2n) is 7.18. The summed E-state index contributed by atoms with van der Waals surface area (Å²) in [7, 11) is 0. The van der Waals surface area contributed by atoms with Gasteiger partial charge in [0.05, 0.1) is 0 Å². The van der Waals surface area contributed by atoms with Crippen molar-refractivity contribution in [2.45, 2.75) is 52.7 Å². The van der Waals surface area contributed by atoms with Crippen molar-refractivity contribution in [1.29, 1.82) is 0 Å². The lowest BCUT2D eigenvalue weighted by Crippen LogP contribution is -2.50. The van der Waals surface area contributed by atoms with E-state index in [9.17, 15) is 9.59 Å². The lowest BCUT2D eigenvalue weighted by atomic mass is 10.1. The van der Waals surface area contributed by atoms with Gasteiger partial charge in [0.1, 0.15) is 11.8 Å². The van der Waals surface area contributed by atoms with Crippen LogP contribution in [0.2, 0.25) is 5.02 Å². The first-order chi connectivity index (χ1) is 13.8. The average Bonchev–Trinajstić information content (AvgIpc) is 2.71. The number of nitrogens with zero attached hydrogens (tertiary/aromatic N) is 1. The van der Waals surface area contributed by atoms with Gasteiger partial charge in [-0.2, -0.15) is 0 Å². The van der Waals surface area contributed by atoms with E-state index < -0.39 is 6.04 Å². The van der Waals surface area contributed by atoms with Crippen LogP contribution in [0.1, 0.15) is 38.3 Å². The summed E-state index contributed by atoms with van der Waals surface area (Å²) in [6.45, 7) is 7.87. The van der Waals surface area contributed by atoms with E-state index in [1.54, 1.807) is 36.1 Å². The maximum absolute atomic E-state index is 13.0. The molecule has 0 aromatic heterocycles. The fraction of sp³-hybridized carbons (Fsp3) is 0.391. The molecule has 2 atom stereocenters. The molecule has 0 aliphatic carbocycles. The van der Waals surface area contributed by atoms with Crippen LogP contribution in [0.25, 0.3) is 0 Å². The minimum Gasteiger partial charge on any atom is -0.484 e. The van der Waals surface area contributed by atoms with Gasteiger partial charge in [0.2, 0.25) is 5.91 Å². The van der Waals surface area contributed by atoms with E-state index in [4.69, 9.17) is 16.3 Å². The second kappa shape index (κ2) is 10.9. The van der Waals surface area contributed by atoms with Crippen LogP contribution in [0.5, 0.6) is 5.75 Å². The third kappa shape index (κ3) is 6.79. The molecule has 0 bridgehead atoms. The average molecular weight is 417 g/mol. The van der Waals surface area contributed by atoms with Crippen molar-refractivity contribution >= 4 is 23.4 Å². The van der Waals surface area contributed by atoms with Crippen molar-refractivity contribution in [3.63, 3.8) is 0 Å². The zero-order valence-corrected chi connectivity index (χ0v) is 18.2. The molecule has 0 heterocycles. The van der Waals surface area contributed by atoms with Gasteiger partial charge in [-0.1, -0.05) is 42.8 Å². The van der Waals surface area contributed by atoms with Crippen molar-refractivity contribution in [3.8, 4) is 5.75 Å². The van der Waals surface area contributed by atoms with Crippen LogP contribution in [0.15, 0.2) is 48.5 Å². The molecule has 0 saturated carbocycles. The Morgan fingerprint density at radius 3 is 2.38 bits per heavy atom. The van der Waals surface area contributed by atoms with E-state index in [-0.39, 0.29) is 24.5 Å². The van der Waals surface area contributed by atoms with Gasteiger partial charge in [-0.25, -0.2) is 0 Å². The molecule has 2 aromatic rings. The molecule has 1 N–H and O–H groups in total. The van der Waals surface area contributed by atoms with E-state index in [0.29, 0.717) is 17.3 Å². The van der Waals surface area contributed by atoms with Gasteiger partial charge < -0.3 is 15.0 Å². The first-order valence-corrected chi connectivity index (χ1v) is 10.2. The highest BCUT2D eigenvalue weighted by molar-refractivity contribution is 6.30. The topological polar surface area (TPSA) is 58.6 Å². The normalized spacial score (nSPS) is 12.7. The highest BCUT2D eigenvalue weighted by Crippen LogP contribution is 2.17. The molecule has 5 nitrogen and oxygen atoms in total. The highest BCUT2D eigenvalue weighted by Gasteiger charge is 2.27. The predicted octanol–water partition coefficient (Wildman–Crippen LogP) is 4.36. The minimum absolute atomic E-state index is 0.0469. The van der Waals surface area contributed by atoms with Crippen LogP contribution in [-0.2, 0) is 16.1 Å². The van der Waals surface area contributed by atoms with Gasteiger partial charge in [-0.3, -0.25) is 9.59 Å². The number of hydrogen-bond acceptors (Lipinski definition) is 3. The van der Waals surface area contributed by atoms with Gasteiger partial charge in [-0.15, -0.1) is 0 Å². The molecule has 2 unspecified atom stereocenters. The van der Waals surface area contributed by atoms with Crippen molar-refractivity contribution < 1.29 is 14.3 Å². The summed E-state index contributed by atoms with van der Waals surface area (Å²) in [5.41, 5.74) is 2.06. The van der Waals surface area contributed by atoms with Gasteiger partial charge >= 0.3 is 0 Å². The molecule has 2 amide bonds. The summed E-state index contributed by atoms with van der Waals surface area (Å²) < 4.78 is 5.62. The van der Waals surface area contributed by atoms with Crippen LogP contribution in [-0.4, -0.2) is 35.4 Å². The Morgan fingerprint density at radius 2 is 1.76 bits per heavy atom. The number of carbonyl (C=O) groups excluding carboxylic acids is 2. The molecular formula is C23H29ClN2O3. The quantitative estimate of drug-likeness (QED) is 0.660. The lowest BCUT2D eigenvalue weighted by Gasteiger charge is -2.30. The fourth-order valence-corrected chi connectivity index (χ4v) is 2.90. The highest BCUT2D eigenvalue weighted by atomic mass is 35.5. The monoisotopic (exact) mass is 416 g/mol. The summed E-state index contributed by atoms with van der Waals surface area (Å²) in [6, 6.07) is 14.1. The summed E-state index contributed by atoms with van der Waals surface area (Å²) in [5, 5.41) is 3.55. The number of benzene rings is 2. The number of aryl methyl sites for hydroxylation is 1. The SMILES string of the molecule is CCC(C)NC(=O)C(C)N(Cc1ccccc1C)C(=O)COc1ccc(Cl)cc1. The second-order valence-corrected chi connectivity index (χ2v) is 7.62. The van der Waals surface area contributed by atoms with Crippen LogP contribution < -0.4 is 10.1 Å². The van der Waals surface area contributed by atoms with Crippen molar-refractivity contribution in [2.75, 3.05) is 6.61 Å². The molecule has 0 fully saturated rings. The third-order valence-corrected chi connectivity index (χ3v) is 5.20. The Bertz CT molecular complexity index is 823. The summed E-state index contributed by atoms with van der Waals surface area (Å²) >= 11 is 5.88. The maximum Gasteiger partial charge on any atom is 0.261 e. The van der Waals surface area contributed by atoms with Crippen LogP contribution >= 0.6 is 11.6 Å². The molecule has 29 heavy (non-hydrogen) atoms. The summed E-state index contributed by atoms with van der Waals surface area (Å²) in [6.07, 6.45) is 0.823. The first kappa shape index (κ1) is 22.8. The zero-order chi connectivity index (χ0) is 21.4. The van der Waals surface area contributed by atoms with Crippen LogP contribution in [0, 0.1) is 6.92 Å². The predicted molar refractivity (Wildman–Crippen MR) is 116 cm³/mol. The Kier molecular flexibility index (Phi) is 8.52. The standard InChI is InChI=1S/C23H29ClN2O3/c1-5-17(3)25-23(28)18(4)26(14-19-9-7-6-8-16(19)2)22(27)15-29-21-12-10-20(24)11-13-21/h6-13,17-18H,5,14-15H2,1-4H3,(H,25,28). The Balaban J connectivity index is 2.15. The molecule has 2 aromatic carbocycles. The number of rotatable bonds is 9. The first-order valence-electron chi connectivity index (χ1n) is 9.84. The zero-order valence-electron chi connectivity index (χ0n) is 17.4. The van der Waals surface area contributed by atoms with E-state index in [1.165, 1.54) is 0 Å². The Labute approximate surface area is 178 Å². The van der Waals surface area contributed by atoms with Gasteiger partial charge in [0.25, 0.3) is 5.91 Å². The van der Waals surface area contributed by atoms with Crippen molar-refractivity contribution in [2.24, 2.45) is 0 Å². The largest absolute Gasteiger partial charge is 0.484 e. The van der Waals surface area contributed by atoms with E-state index in [2.05, 4.69) is 5.32 Å². The fourth-order valence-electron chi connectivity index (χ4n) is 2.78. The molecule has 0 aliphatic rings. The smallest absolute Gasteiger partial charge is 0.261 e. The molecular weight excluding hydrogens is 388 g/mol. The van der Waals surface area contributed by atoms with E-state index in [0.717, 1.165) is 17.5 Å². The summed E-state index contributed by atoms with van der Waals surface area (Å²) in [5.74, 6) is 0.123. The molecule has 0 aliphatic heterocycles. The van der Waals surface area contributed by atoms with E-state index >= 15 is 0 Å². The molecule has 0 radical (unpaired) electrons. The molecule has 156 valence electrons. The molecule has 2 rings (SSSR count). The number of halogens is 1. The maximum atomic E-state index is 13.0. The van der Waals surface area contributed by atoms with Crippen LogP contribution in [0.4, 0.5) is 0 Å². The van der Waals surface area contributed by atoms with E-state index in [1.807, 2.05) is 45.0 Å². The van der Waals surface area contributed by atoms with Gasteiger partial charge in [0, 0.05) is 17.6 Å². The lowest BCUT2D eigenvalue weighted by molar-refractivity contribution is -0.142. The Morgan fingerprint density at radius 1 is 1.10 bits per heavy atom. The number of ether oxygens (including phenoxy) is 1. The number of nitrogens with one attached hydrogen (secondary N) is 1. The number of amides is 2. The van der Waals surface area contributed by atoms with Crippen molar-refractivity contribution in [1.82, 2.24) is 10.2 Å². The van der Waals surface area contributed by atoms with Crippen LogP contribution in [0.3, 0.4) is 0 Å². The van der Waals surface area contributed by atoms with Gasteiger partial charge in [-0.05, 0) is 62.6 Å². The molecule has 0 saturated heterocycles. The molecule has 6 heteroatoms. The van der Waals surface area contributed by atoms with Crippen molar-refractivity contribution in [3.05, 3.63) is 64.7 Å². The Hall–Kier alpha value is -2.53. The summed E-state index contributed by atoms with van der Waals surface area (Å²) in [4.78, 5) is 27.2. The number of carbonyl (C=O) groups is 2.